The Balaban J connectivity index is 1.90. The molecule has 0 aliphatic carbocycles. The van der Waals surface area contributed by atoms with Gasteiger partial charge in [0, 0.05) is 18.9 Å². The standard InChI is InChI=1S/C18H19N3O3S/c1-2-24-17-6-4-3-5-16(17)18-20-11-12-21(18)13-14-7-9-15(10-8-14)25(19,22)23/h3-12H,2,13H2,1H3,(H2,19,22,23). The average Bonchev–Trinajstić information content (AvgIpc) is 3.03. The number of imidazole rings is 1. The third-order valence-corrected chi connectivity index (χ3v) is 4.68. The van der Waals surface area contributed by atoms with Gasteiger partial charge in [-0.15, -0.1) is 0 Å². The molecule has 0 saturated carbocycles. The van der Waals surface area contributed by atoms with E-state index in [4.69, 9.17) is 9.88 Å². The van der Waals surface area contributed by atoms with Crippen molar-refractivity contribution in [1.29, 1.82) is 0 Å². The second-order valence-corrected chi connectivity index (χ2v) is 7.06. The maximum absolute atomic E-state index is 11.3. The number of sulfonamides is 1. The summed E-state index contributed by atoms with van der Waals surface area (Å²) in [7, 11) is -3.68. The van der Waals surface area contributed by atoms with Gasteiger partial charge in [0.1, 0.15) is 11.6 Å². The lowest BCUT2D eigenvalue weighted by molar-refractivity contribution is 0.341. The van der Waals surface area contributed by atoms with Crippen LogP contribution in [0.4, 0.5) is 0 Å². The van der Waals surface area contributed by atoms with Gasteiger partial charge in [-0.3, -0.25) is 0 Å². The van der Waals surface area contributed by atoms with Gasteiger partial charge in [-0.1, -0.05) is 24.3 Å². The molecule has 0 aliphatic rings. The van der Waals surface area contributed by atoms with Crippen LogP contribution < -0.4 is 9.88 Å². The highest BCUT2D eigenvalue weighted by molar-refractivity contribution is 7.89. The largest absolute Gasteiger partial charge is 0.493 e. The lowest BCUT2D eigenvalue weighted by Gasteiger charge is -2.12. The van der Waals surface area contributed by atoms with Crippen LogP contribution in [0.3, 0.4) is 0 Å². The minimum absolute atomic E-state index is 0.101. The Morgan fingerprint density at radius 2 is 1.84 bits per heavy atom. The Morgan fingerprint density at radius 1 is 1.12 bits per heavy atom. The number of nitrogens with zero attached hydrogens (tertiary/aromatic N) is 2. The van der Waals surface area contributed by atoms with Crippen molar-refractivity contribution in [3.63, 3.8) is 0 Å². The van der Waals surface area contributed by atoms with Crippen molar-refractivity contribution in [1.82, 2.24) is 9.55 Å². The van der Waals surface area contributed by atoms with Crippen LogP contribution in [-0.4, -0.2) is 24.6 Å². The van der Waals surface area contributed by atoms with Crippen LogP contribution >= 0.6 is 0 Å². The fourth-order valence-corrected chi connectivity index (χ4v) is 3.11. The predicted molar refractivity (Wildman–Crippen MR) is 95.7 cm³/mol. The maximum Gasteiger partial charge on any atom is 0.238 e. The van der Waals surface area contributed by atoms with E-state index < -0.39 is 10.0 Å². The molecule has 1 aromatic heterocycles. The molecular weight excluding hydrogens is 338 g/mol. The van der Waals surface area contributed by atoms with E-state index in [1.165, 1.54) is 12.1 Å². The van der Waals surface area contributed by atoms with Crippen LogP contribution in [-0.2, 0) is 16.6 Å². The molecule has 3 aromatic rings. The zero-order chi connectivity index (χ0) is 17.9. The van der Waals surface area contributed by atoms with Gasteiger partial charge < -0.3 is 9.30 Å². The fraction of sp³-hybridized carbons (Fsp3) is 0.167. The number of benzene rings is 2. The monoisotopic (exact) mass is 357 g/mol. The molecule has 0 spiro atoms. The number of rotatable bonds is 6. The smallest absolute Gasteiger partial charge is 0.238 e. The first-order valence-corrected chi connectivity index (χ1v) is 9.38. The van der Waals surface area contributed by atoms with E-state index in [1.807, 2.05) is 42.0 Å². The summed E-state index contributed by atoms with van der Waals surface area (Å²) in [6.07, 6.45) is 3.61. The second kappa shape index (κ2) is 7.08. The second-order valence-electron chi connectivity index (χ2n) is 5.50. The molecular formula is C18H19N3O3S. The molecule has 0 unspecified atom stereocenters. The van der Waals surface area contributed by atoms with E-state index in [9.17, 15) is 8.42 Å². The first kappa shape index (κ1) is 17.2. The third-order valence-electron chi connectivity index (χ3n) is 3.75. The summed E-state index contributed by atoms with van der Waals surface area (Å²) in [5.41, 5.74) is 1.86. The van der Waals surface area contributed by atoms with Crippen LogP contribution in [0.1, 0.15) is 12.5 Å². The van der Waals surface area contributed by atoms with Crippen molar-refractivity contribution in [3.8, 4) is 17.1 Å². The van der Waals surface area contributed by atoms with E-state index in [0.717, 1.165) is 22.7 Å². The Hall–Kier alpha value is -2.64. The normalized spacial score (nSPS) is 11.4. The summed E-state index contributed by atoms with van der Waals surface area (Å²) < 4.78 is 30.4. The summed E-state index contributed by atoms with van der Waals surface area (Å²) in [5.74, 6) is 1.57. The zero-order valence-electron chi connectivity index (χ0n) is 13.8. The molecule has 0 bridgehead atoms. The molecule has 1 heterocycles. The van der Waals surface area contributed by atoms with Gasteiger partial charge in [0.05, 0.1) is 17.1 Å². The number of nitrogens with two attached hydrogens (primary N) is 1. The van der Waals surface area contributed by atoms with Crippen LogP contribution in [0.25, 0.3) is 11.4 Å². The van der Waals surface area contributed by atoms with Crippen LogP contribution in [0.2, 0.25) is 0 Å². The topological polar surface area (TPSA) is 87.2 Å². The van der Waals surface area contributed by atoms with E-state index in [-0.39, 0.29) is 4.90 Å². The molecule has 25 heavy (non-hydrogen) atoms. The zero-order valence-corrected chi connectivity index (χ0v) is 14.6. The van der Waals surface area contributed by atoms with E-state index in [0.29, 0.717) is 13.2 Å². The molecule has 0 atom stereocenters. The van der Waals surface area contributed by atoms with Gasteiger partial charge >= 0.3 is 0 Å². The Labute approximate surface area is 146 Å². The predicted octanol–water partition coefficient (Wildman–Crippen LogP) is 2.64. The van der Waals surface area contributed by atoms with Crippen LogP contribution in [0.5, 0.6) is 5.75 Å². The molecule has 0 amide bonds. The molecule has 0 aliphatic heterocycles. The van der Waals surface area contributed by atoms with E-state index >= 15 is 0 Å². The molecule has 6 nitrogen and oxygen atoms in total. The van der Waals surface area contributed by atoms with Crippen molar-refractivity contribution < 1.29 is 13.2 Å². The molecule has 2 N–H and O–H groups in total. The summed E-state index contributed by atoms with van der Waals surface area (Å²) >= 11 is 0. The lowest BCUT2D eigenvalue weighted by atomic mass is 10.1. The van der Waals surface area contributed by atoms with Gasteiger partial charge in [-0.05, 0) is 36.8 Å². The average molecular weight is 357 g/mol. The Bertz CT molecular complexity index is 963. The Kier molecular flexibility index (Phi) is 4.87. The van der Waals surface area contributed by atoms with Gasteiger partial charge in [0.2, 0.25) is 10.0 Å². The first-order valence-electron chi connectivity index (χ1n) is 7.84. The van der Waals surface area contributed by atoms with Crippen molar-refractivity contribution in [2.24, 2.45) is 5.14 Å². The number of aromatic nitrogens is 2. The number of hydrogen-bond donors (Lipinski definition) is 1. The summed E-state index contributed by atoms with van der Waals surface area (Å²) in [5, 5.41) is 5.13. The van der Waals surface area contributed by atoms with Crippen molar-refractivity contribution >= 4 is 10.0 Å². The number of para-hydroxylation sites is 1. The van der Waals surface area contributed by atoms with Crippen molar-refractivity contribution in [2.45, 2.75) is 18.4 Å². The van der Waals surface area contributed by atoms with Gasteiger partial charge in [-0.2, -0.15) is 0 Å². The molecule has 2 aromatic carbocycles. The maximum atomic E-state index is 11.3. The van der Waals surface area contributed by atoms with Crippen molar-refractivity contribution in [3.05, 3.63) is 66.5 Å². The quantitative estimate of drug-likeness (QED) is 0.735. The molecule has 130 valence electrons. The van der Waals surface area contributed by atoms with Crippen molar-refractivity contribution in [2.75, 3.05) is 6.61 Å². The highest BCUT2D eigenvalue weighted by Crippen LogP contribution is 2.29. The minimum Gasteiger partial charge on any atom is -0.493 e. The number of primary sulfonamides is 1. The highest BCUT2D eigenvalue weighted by Gasteiger charge is 2.12. The molecule has 0 saturated heterocycles. The highest BCUT2D eigenvalue weighted by atomic mass is 32.2. The van der Waals surface area contributed by atoms with Crippen LogP contribution in [0, 0.1) is 0 Å². The van der Waals surface area contributed by atoms with Gasteiger partial charge in [-0.25, -0.2) is 18.5 Å². The molecule has 0 radical (unpaired) electrons. The number of ether oxygens (including phenoxy) is 1. The van der Waals surface area contributed by atoms with E-state index in [1.54, 1.807) is 18.3 Å². The Morgan fingerprint density at radius 3 is 2.52 bits per heavy atom. The minimum atomic E-state index is -3.68. The fourth-order valence-electron chi connectivity index (χ4n) is 2.59. The van der Waals surface area contributed by atoms with Gasteiger partial charge in [0.25, 0.3) is 0 Å². The molecule has 7 heteroatoms. The van der Waals surface area contributed by atoms with E-state index in [2.05, 4.69) is 4.98 Å². The van der Waals surface area contributed by atoms with Crippen LogP contribution in [0.15, 0.2) is 65.8 Å². The summed E-state index contributed by atoms with van der Waals surface area (Å²) in [4.78, 5) is 4.55. The number of hydrogen-bond acceptors (Lipinski definition) is 4. The SMILES string of the molecule is CCOc1ccccc1-c1nccn1Cc1ccc(S(N)(=O)=O)cc1. The third kappa shape index (κ3) is 3.89. The summed E-state index contributed by atoms with van der Waals surface area (Å²) in [6.45, 7) is 3.07. The molecule has 3 rings (SSSR count). The molecule has 0 fully saturated rings. The summed E-state index contributed by atoms with van der Waals surface area (Å²) in [6, 6.07) is 14.3. The lowest BCUT2D eigenvalue weighted by Crippen LogP contribution is -2.12. The van der Waals surface area contributed by atoms with Gasteiger partial charge in [0.15, 0.2) is 0 Å². The first-order chi connectivity index (χ1) is 12.0.